The van der Waals surface area contributed by atoms with E-state index in [1.165, 1.54) is 28.5 Å². The first-order valence-electron chi connectivity index (χ1n) is 13.2. The summed E-state index contributed by atoms with van der Waals surface area (Å²) in [6.07, 6.45) is 2.82. The number of furan rings is 1. The first kappa shape index (κ1) is 25.9. The lowest BCUT2D eigenvalue weighted by Gasteiger charge is -2.42. The van der Waals surface area contributed by atoms with Gasteiger partial charge in [0, 0.05) is 43.1 Å². The predicted octanol–water partition coefficient (Wildman–Crippen LogP) is 5.29. The quantitative estimate of drug-likeness (QED) is 0.363. The van der Waals surface area contributed by atoms with Gasteiger partial charge in [0.15, 0.2) is 0 Å². The Bertz CT molecular complexity index is 1530. The largest absolute Gasteiger partial charge is 0.469 e. The van der Waals surface area contributed by atoms with Gasteiger partial charge in [0.05, 0.1) is 40.5 Å². The molecule has 1 aliphatic carbocycles. The Hall–Kier alpha value is -3.37. The minimum Gasteiger partial charge on any atom is -0.469 e. The number of aromatic nitrogens is 2. The monoisotopic (exact) mass is 553 g/mol. The molecule has 204 valence electrons. The van der Waals surface area contributed by atoms with Crippen molar-refractivity contribution in [3.63, 3.8) is 0 Å². The lowest BCUT2D eigenvalue weighted by Crippen LogP contribution is -2.52. The number of carbonyl (C=O) groups is 1. The molecule has 10 heteroatoms. The van der Waals surface area contributed by atoms with Crippen molar-refractivity contribution in [2.45, 2.75) is 56.1 Å². The number of fused-ring (bicyclic) bond motifs is 1. The summed E-state index contributed by atoms with van der Waals surface area (Å²) in [4.78, 5) is 33.8. The topological polar surface area (TPSA) is 88.6 Å². The first-order valence-corrected chi connectivity index (χ1v) is 14.1. The van der Waals surface area contributed by atoms with Gasteiger partial charge in [-0.3, -0.25) is 14.2 Å². The summed E-state index contributed by atoms with van der Waals surface area (Å²) in [5.41, 5.74) is 0.237. The Balaban J connectivity index is 1.15. The van der Waals surface area contributed by atoms with Gasteiger partial charge in [-0.25, -0.2) is 13.8 Å². The van der Waals surface area contributed by atoms with Crippen LogP contribution in [0.4, 0.5) is 8.78 Å². The molecular formula is C29H29F2N3O4S. The minimum atomic E-state index is -2.83. The van der Waals surface area contributed by atoms with Crippen LogP contribution in [-0.2, 0) is 11.3 Å². The molecule has 3 aromatic heterocycles. The third kappa shape index (κ3) is 5.03. The molecular weight excluding hydrogens is 524 g/mol. The van der Waals surface area contributed by atoms with Crippen LogP contribution in [0.5, 0.6) is 0 Å². The summed E-state index contributed by atoms with van der Waals surface area (Å²) in [6.45, 7) is 0.639. The van der Waals surface area contributed by atoms with E-state index in [4.69, 9.17) is 4.42 Å². The summed E-state index contributed by atoms with van der Waals surface area (Å²) in [5.74, 6) is -3.87. The molecule has 2 fully saturated rings. The number of rotatable bonds is 5. The molecule has 1 aromatic carbocycles. The number of hydrogen-bond donors (Lipinski definition) is 1. The molecule has 7 nitrogen and oxygen atoms in total. The van der Waals surface area contributed by atoms with Crippen LogP contribution in [0.3, 0.4) is 0 Å². The van der Waals surface area contributed by atoms with Crippen molar-refractivity contribution in [3.05, 3.63) is 76.5 Å². The Kier molecular flexibility index (Phi) is 6.63. The van der Waals surface area contributed by atoms with Crippen LogP contribution in [0.2, 0.25) is 0 Å². The molecule has 6 rings (SSSR count). The van der Waals surface area contributed by atoms with Gasteiger partial charge >= 0.3 is 0 Å². The number of likely N-dealkylation sites (tertiary alicyclic amines) is 1. The molecule has 0 bridgehead atoms. The van der Waals surface area contributed by atoms with E-state index in [2.05, 4.69) is 4.98 Å². The van der Waals surface area contributed by atoms with Gasteiger partial charge in [0.2, 0.25) is 11.8 Å². The summed E-state index contributed by atoms with van der Waals surface area (Å²) < 4.78 is 35.3. The maximum absolute atomic E-state index is 14.2. The minimum absolute atomic E-state index is 0.0675. The van der Waals surface area contributed by atoms with Crippen molar-refractivity contribution in [2.75, 3.05) is 13.1 Å². The summed E-state index contributed by atoms with van der Waals surface area (Å²) >= 11 is 1.46. The van der Waals surface area contributed by atoms with Gasteiger partial charge in [-0.1, -0.05) is 30.3 Å². The van der Waals surface area contributed by atoms with Crippen LogP contribution >= 0.6 is 11.3 Å². The second kappa shape index (κ2) is 9.98. The highest BCUT2D eigenvalue weighted by Gasteiger charge is 2.47. The highest BCUT2D eigenvalue weighted by atomic mass is 32.1. The number of benzene rings is 1. The number of thiophene rings is 1. The van der Waals surface area contributed by atoms with Crippen LogP contribution in [0.1, 0.15) is 43.8 Å². The van der Waals surface area contributed by atoms with Crippen LogP contribution in [0, 0.1) is 5.92 Å². The van der Waals surface area contributed by atoms with Crippen molar-refractivity contribution in [3.8, 4) is 10.4 Å². The van der Waals surface area contributed by atoms with Gasteiger partial charge in [0.25, 0.3) is 5.56 Å². The van der Waals surface area contributed by atoms with E-state index in [9.17, 15) is 23.5 Å². The van der Waals surface area contributed by atoms with Gasteiger partial charge in [-0.05, 0) is 37.0 Å². The van der Waals surface area contributed by atoms with Gasteiger partial charge in [-0.2, -0.15) is 0 Å². The zero-order chi connectivity index (χ0) is 27.2. The fraction of sp³-hybridized carbons (Fsp3) is 0.414. The van der Waals surface area contributed by atoms with E-state index in [1.54, 1.807) is 22.4 Å². The standard InChI is InChI=1S/C29H29F2N3O4S/c30-29(31)9-8-20(21(15-29)23-7-4-14-38-23)26(35)33-12-10-28(37,11-13-33)17-34-18-32-24-22(27(34)36)16-39-25(24)19-5-2-1-3-6-19/h1-7,14,16,18,20-21,37H,8-13,15,17H2/t20-,21-/m0/s1. The average Bonchev–Trinajstić information content (AvgIpc) is 3.61. The second-order valence-corrected chi connectivity index (χ2v) is 11.6. The van der Waals surface area contributed by atoms with E-state index in [0.29, 0.717) is 16.7 Å². The van der Waals surface area contributed by atoms with Crippen molar-refractivity contribution in [1.29, 1.82) is 0 Å². The molecule has 0 radical (unpaired) electrons. The Labute approximate surface area is 227 Å². The number of alkyl halides is 2. The van der Waals surface area contributed by atoms with Gasteiger partial charge in [0.1, 0.15) is 5.76 Å². The Morgan fingerprint density at radius 3 is 2.62 bits per heavy atom. The zero-order valence-corrected chi connectivity index (χ0v) is 22.1. The lowest BCUT2D eigenvalue weighted by atomic mass is 9.75. The maximum atomic E-state index is 14.2. The number of piperidine rings is 1. The molecule has 0 unspecified atom stereocenters. The van der Waals surface area contributed by atoms with Crippen molar-refractivity contribution in [2.24, 2.45) is 5.92 Å². The third-order valence-electron chi connectivity index (χ3n) is 8.14. The van der Waals surface area contributed by atoms with Crippen molar-refractivity contribution >= 4 is 28.1 Å². The molecule has 39 heavy (non-hydrogen) atoms. The maximum Gasteiger partial charge on any atom is 0.262 e. The van der Waals surface area contributed by atoms with Crippen LogP contribution in [-0.4, -0.2) is 50.1 Å². The Morgan fingerprint density at radius 2 is 1.90 bits per heavy atom. The zero-order valence-electron chi connectivity index (χ0n) is 21.3. The predicted molar refractivity (Wildman–Crippen MR) is 144 cm³/mol. The summed E-state index contributed by atoms with van der Waals surface area (Å²) in [6, 6.07) is 13.1. The van der Waals surface area contributed by atoms with E-state index in [1.807, 2.05) is 30.3 Å². The van der Waals surface area contributed by atoms with Crippen LogP contribution in [0.15, 0.2) is 69.6 Å². The smallest absolute Gasteiger partial charge is 0.262 e. The van der Waals surface area contributed by atoms with E-state index in [-0.39, 0.29) is 56.8 Å². The average molecular weight is 554 g/mol. The van der Waals surface area contributed by atoms with E-state index in [0.717, 1.165) is 10.4 Å². The molecule has 2 atom stereocenters. The highest BCUT2D eigenvalue weighted by molar-refractivity contribution is 7.15. The Morgan fingerprint density at radius 1 is 1.13 bits per heavy atom. The normalized spacial score (nSPS) is 22.7. The number of aliphatic hydroxyl groups is 1. The molecule has 1 N–H and O–H groups in total. The van der Waals surface area contributed by atoms with Crippen LogP contribution < -0.4 is 5.56 Å². The molecule has 0 spiro atoms. The van der Waals surface area contributed by atoms with Crippen LogP contribution in [0.25, 0.3) is 21.3 Å². The number of nitrogens with zero attached hydrogens (tertiary/aromatic N) is 3. The van der Waals surface area contributed by atoms with Crippen molar-refractivity contribution < 1.29 is 23.1 Å². The number of hydrogen-bond acceptors (Lipinski definition) is 6. The van der Waals surface area contributed by atoms with E-state index < -0.39 is 29.8 Å². The van der Waals surface area contributed by atoms with Gasteiger partial charge < -0.3 is 14.4 Å². The molecule has 4 aromatic rings. The fourth-order valence-corrected chi connectivity index (χ4v) is 6.95. The first-order chi connectivity index (χ1) is 18.7. The molecule has 1 saturated heterocycles. The molecule has 1 aliphatic heterocycles. The van der Waals surface area contributed by atoms with Crippen molar-refractivity contribution in [1.82, 2.24) is 14.5 Å². The molecule has 1 amide bonds. The molecule has 1 saturated carbocycles. The number of halogens is 2. The van der Waals surface area contributed by atoms with E-state index >= 15 is 0 Å². The second-order valence-electron chi connectivity index (χ2n) is 10.7. The third-order valence-corrected chi connectivity index (χ3v) is 9.16. The summed E-state index contributed by atoms with van der Waals surface area (Å²) in [5, 5.41) is 13.7. The molecule has 4 heterocycles. The lowest BCUT2D eigenvalue weighted by molar-refractivity contribution is -0.146. The highest BCUT2D eigenvalue weighted by Crippen LogP contribution is 2.46. The fourth-order valence-electron chi connectivity index (χ4n) is 5.96. The SMILES string of the molecule is O=C([C@H]1CCC(F)(F)C[C@@H]1c1ccco1)N1CCC(O)(Cn2cnc3c(-c4ccccc4)scc3c2=O)CC1. The van der Waals surface area contributed by atoms with Gasteiger partial charge in [-0.15, -0.1) is 11.3 Å². The molecule has 2 aliphatic rings. The summed E-state index contributed by atoms with van der Waals surface area (Å²) in [7, 11) is 0. The number of carbonyl (C=O) groups excluding carboxylic acids is 1. The number of amides is 1.